The first-order valence-electron chi connectivity index (χ1n) is 15.6. The summed E-state index contributed by atoms with van der Waals surface area (Å²) in [6.07, 6.45) is 12.6. The Morgan fingerprint density at radius 1 is 0.951 bits per heavy atom. The molecule has 0 atom stereocenters. The Labute approximate surface area is 245 Å². The van der Waals surface area contributed by atoms with Crippen LogP contribution in [-0.2, 0) is 20.9 Å². The minimum Gasteiger partial charge on any atom is -0.494 e. The molecule has 0 saturated heterocycles. The molecule has 0 unspecified atom stereocenters. The SMILES string of the molecule is CCOC(=O)CN1Cc2cc(OCCCC(=O)N(C)C3CCCCC3)ccc2N(NC(=O)N(C)C2CCCCC2)C1. The summed E-state index contributed by atoms with van der Waals surface area (Å²) in [6.45, 7) is 3.59. The summed E-state index contributed by atoms with van der Waals surface area (Å²) in [4.78, 5) is 43.9. The zero-order chi connectivity index (χ0) is 29.2. The van der Waals surface area contributed by atoms with Gasteiger partial charge in [0.1, 0.15) is 5.75 Å². The van der Waals surface area contributed by atoms with Gasteiger partial charge in [-0.25, -0.2) is 10.2 Å². The van der Waals surface area contributed by atoms with Crippen molar-refractivity contribution in [2.45, 2.75) is 103 Å². The molecule has 228 valence electrons. The van der Waals surface area contributed by atoms with E-state index >= 15 is 0 Å². The Morgan fingerprint density at radius 2 is 1.61 bits per heavy atom. The molecule has 0 spiro atoms. The van der Waals surface area contributed by atoms with E-state index in [4.69, 9.17) is 9.47 Å². The lowest BCUT2D eigenvalue weighted by molar-refractivity contribution is -0.144. The maximum Gasteiger partial charge on any atom is 0.336 e. The zero-order valence-corrected chi connectivity index (χ0v) is 25.2. The van der Waals surface area contributed by atoms with E-state index in [0.717, 1.165) is 49.8 Å². The van der Waals surface area contributed by atoms with Gasteiger partial charge < -0.3 is 19.3 Å². The second kappa shape index (κ2) is 15.3. The van der Waals surface area contributed by atoms with Crippen LogP contribution in [0.25, 0.3) is 0 Å². The standard InChI is InChI=1S/C31H49N5O5/c1-4-40-30(38)22-35-21-24-20-27(41-19-11-16-29(37)33(2)25-12-7-5-8-13-25)17-18-28(24)36(23-35)32-31(39)34(3)26-14-9-6-10-15-26/h17-18,20,25-26H,4-16,19,21-23H2,1-3H3,(H,32,39). The van der Waals surface area contributed by atoms with Crippen LogP contribution >= 0.6 is 0 Å². The van der Waals surface area contributed by atoms with Crippen molar-refractivity contribution in [3.05, 3.63) is 23.8 Å². The largest absolute Gasteiger partial charge is 0.494 e. The predicted octanol–water partition coefficient (Wildman–Crippen LogP) is 4.67. The summed E-state index contributed by atoms with van der Waals surface area (Å²) in [5, 5.41) is 1.81. The molecule has 2 saturated carbocycles. The number of carbonyl (C=O) groups excluding carboxylic acids is 3. The van der Waals surface area contributed by atoms with Crippen molar-refractivity contribution in [3.8, 4) is 5.75 Å². The van der Waals surface area contributed by atoms with Crippen molar-refractivity contribution >= 4 is 23.6 Å². The third-order valence-corrected chi connectivity index (χ3v) is 8.73. The molecule has 1 heterocycles. The number of hydrogen-bond acceptors (Lipinski definition) is 7. The number of urea groups is 1. The maximum atomic E-state index is 13.2. The molecule has 41 heavy (non-hydrogen) atoms. The molecule has 3 aliphatic rings. The van der Waals surface area contributed by atoms with E-state index in [1.54, 1.807) is 6.92 Å². The monoisotopic (exact) mass is 571 g/mol. The number of benzene rings is 1. The fourth-order valence-electron chi connectivity index (χ4n) is 6.29. The van der Waals surface area contributed by atoms with E-state index in [9.17, 15) is 14.4 Å². The smallest absolute Gasteiger partial charge is 0.336 e. The van der Waals surface area contributed by atoms with Gasteiger partial charge in [0.2, 0.25) is 5.91 Å². The first-order valence-corrected chi connectivity index (χ1v) is 15.6. The van der Waals surface area contributed by atoms with E-state index in [0.29, 0.717) is 51.1 Å². The summed E-state index contributed by atoms with van der Waals surface area (Å²) >= 11 is 0. The molecule has 1 aliphatic heterocycles. The number of ether oxygens (including phenoxy) is 2. The van der Waals surface area contributed by atoms with Gasteiger partial charge in [-0.1, -0.05) is 38.5 Å². The van der Waals surface area contributed by atoms with Crippen molar-refractivity contribution in [2.75, 3.05) is 45.5 Å². The lowest BCUT2D eigenvalue weighted by Gasteiger charge is -2.39. The summed E-state index contributed by atoms with van der Waals surface area (Å²) < 4.78 is 11.2. The van der Waals surface area contributed by atoms with E-state index < -0.39 is 0 Å². The molecular formula is C31H49N5O5. The number of esters is 1. The molecule has 1 N–H and O–H groups in total. The van der Waals surface area contributed by atoms with E-state index in [1.165, 1.54) is 25.7 Å². The third-order valence-electron chi connectivity index (χ3n) is 8.73. The lowest BCUT2D eigenvalue weighted by atomic mass is 9.94. The predicted molar refractivity (Wildman–Crippen MR) is 158 cm³/mol. The van der Waals surface area contributed by atoms with Gasteiger partial charge in [0, 0.05) is 39.1 Å². The number of nitrogens with zero attached hydrogens (tertiary/aromatic N) is 4. The van der Waals surface area contributed by atoms with Gasteiger partial charge in [-0.2, -0.15) is 0 Å². The molecule has 0 radical (unpaired) electrons. The van der Waals surface area contributed by atoms with Crippen LogP contribution in [0.5, 0.6) is 5.75 Å². The van der Waals surface area contributed by atoms with E-state index in [-0.39, 0.29) is 30.5 Å². The number of amides is 3. The van der Waals surface area contributed by atoms with Gasteiger partial charge in [0.15, 0.2) is 0 Å². The minimum absolute atomic E-state index is 0.125. The van der Waals surface area contributed by atoms with Crippen LogP contribution in [0.4, 0.5) is 10.5 Å². The van der Waals surface area contributed by atoms with Gasteiger partial charge in [-0.05, 0) is 62.8 Å². The second-order valence-electron chi connectivity index (χ2n) is 11.7. The third kappa shape index (κ3) is 8.74. The molecule has 0 bridgehead atoms. The van der Waals surface area contributed by atoms with Crippen molar-refractivity contribution in [3.63, 3.8) is 0 Å². The zero-order valence-electron chi connectivity index (χ0n) is 25.2. The van der Waals surface area contributed by atoms with Crippen molar-refractivity contribution in [2.24, 2.45) is 0 Å². The maximum absolute atomic E-state index is 13.2. The van der Waals surface area contributed by atoms with Crippen molar-refractivity contribution < 1.29 is 23.9 Å². The first kappa shape index (κ1) is 30.9. The fourth-order valence-corrected chi connectivity index (χ4v) is 6.29. The number of fused-ring (bicyclic) bond motifs is 1. The molecule has 0 aromatic heterocycles. The molecule has 1 aromatic rings. The Morgan fingerprint density at radius 3 is 2.27 bits per heavy atom. The van der Waals surface area contributed by atoms with Crippen LogP contribution in [0.1, 0.15) is 89.5 Å². The van der Waals surface area contributed by atoms with Gasteiger partial charge in [0.25, 0.3) is 0 Å². The molecular weight excluding hydrogens is 522 g/mol. The van der Waals surface area contributed by atoms with Gasteiger partial charge in [0.05, 0.1) is 32.1 Å². The van der Waals surface area contributed by atoms with E-state index in [2.05, 4.69) is 5.43 Å². The molecule has 2 aliphatic carbocycles. The Hall–Kier alpha value is -3.01. The number of hydrazine groups is 1. The Kier molecular flexibility index (Phi) is 11.5. The van der Waals surface area contributed by atoms with Crippen LogP contribution in [-0.4, -0.2) is 85.2 Å². The highest BCUT2D eigenvalue weighted by atomic mass is 16.5. The minimum atomic E-state index is -0.295. The molecule has 10 heteroatoms. The summed E-state index contributed by atoms with van der Waals surface area (Å²) in [6, 6.07) is 6.29. The highest BCUT2D eigenvalue weighted by Crippen LogP contribution is 2.30. The van der Waals surface area contributed by atoms with Crippen molar-refractivity contribution in [1.29, 1.82) is 0 Å². The van der Waals surface area contributed by atoms with Crippen LogP contribution in [0.3, 0.4) is 0 Å². The first-order chi connectivity index (χ1) is 19.9. The number of carbonyl (C=O) groups is 3. The number of anilines is 1. The van der Waals surface area contributed by atoms with Crippen LogP contribution < -0.4 is 15.2 Å². The van der Waals surface area contributed by atoms with Crippen LogP contribution in [0.15, 0.2) is 18.2 Å². The van der Waals surface area contributed by atoms with Gasteiger partial charge in [-0.15, -0.1) is 0 Å². The molecule has 3 amide bonds. The van der Waals surface area contributed by atoms with Crippen LogP contribution in [0, 0.1) is 0 Å². The van der Waals surface area contributed by atoms with Gasteiger partial charge >= 0.3 is 12.0 Å². The average molecular weight is 572 g/mol. The van der Waals surface area contributed by atoms with Crippen LogP contribution in [0.2, 0.25) is 0 Å². The normalized spacial score (nSPS) is 18.4. The number of rotatable bonds is 11. The molecule has 2 fully saturated rings. The summed E-state index contributed by atoms with van der Waals surface area (Å²) in [7, 11) is 3.79. The number of nitrogens with one attached hydrogen (secondary N) is 1. The topological polar surface area (TPSA) is 94.7 Å². The second-order valence-corrected chi connectivity index (χ2v) is 11.7. The average Bonchev–Trinajstić information content (AvgIpc) is 2.99. The highest BCUT2D eigenvalue weighted by Gasteiger charge is 2.29. The van der Waals surface area contributed by atoms with E-state index in [1.807, 2.05) is 52.0 Å². The Balaban J connectivity index is 1.36. The van der Waals surface area contributed by atoms with Crippen molar-refractivity contribution in [1.82, 2.24) is 20.1 Å². The fraction of sp³-hybridized carbons (Fsp3) is 0.710. The molecule has 10 nitrogen and oxygen atoms in total. The molecule has 4 rings (SSSR count). The Bertz CT molecular complexity index is 1020. The molecule has 1 aromatic carbocycles. The van der Waals surface area contributed by atoms with Gasteiger partial charge in [-0.3, -0.25) is 19.5 Å². The summed E-state index contributed by atoms with van der Waals surface area (Å²) in [5.74, 6) is 0.599. The highest BCUT2D eigenvalue weighted by molar-refractivity contribution is 5.77. The summed E-state index contributed by atoms with van der Waals surface area (Å²) in [5.41, 5.74) is 4.91. The quantitative estimate of drug-likeness (QED) is 0.305. The lowest BCUT2D eigenvalue weighted by Crippen LogP contribution is -2.56. The number of hydrogen-bond donors (Lipinski definition) is 1.